The number of carboxylic acids is 2. The van der Waals surface area contributed by atoms with Gasteiger partial charge in [-0.3, -0.25) is 14.6 Å². The molecule has 9 nitrogen and oxygen atoms in total. The number of primary amides is 2. The van der Waals surface area contributed by atoms with Gasteiger partial charge in [-0.15, -0.1) is 0 Å². The van der Waals surface area contributed by atoms with Crippen molar-refractivity contribution in [3.63, 3.8) is 0 Å². The van der Waals surface area contributed by atoms with Crippen LogP contribution in [0.2, 0.25) is 0 Å². The number of amides is 2. The van der Waals surface area contributed by atoms with Crippen LogP contribution >= 0.6 is 0 Å². The second-order valence-electron chi connectivity index (χ2n) is 5.83. The minimum Gasteiger partial charge on any atom is -0.478 e. The molecule has 6 N–H and O–H groups in total. The number of aromatic carboxylic acids is 2. The van der Waals surface area contributed by atoms with Crippen LogP contribution < -0.4 is 11.5 Å². The van der Waals surface area contributed by atoms with E-state index in [-0.39, 0.29) is 38.6 Å². The van der Waals surface area contributed by atoms with E-state index in [4.69, 9.17) is 11.5 Å². The molecule has 0 atom stereocenters. The van der Waals surface area contributed by atoms with Gasteiger partial charge in [0, 0.05) is 28.7 Å². The number of carbonyl (C=O) groups excluding carboxylic acids is 2. The maximum Gasteiger partial charge on any atom is 0.336 e. The standard InChI is InChI=1S/C19H13N3O6/c20-16(23)12-7-11(8-3-5-22-6-4-8)15(17(21)24)14-10(19(27)28)2-1-9(13(12)14)18(25)26/h1-7H,(H2,20,23)(H2,21,24)(H,25,26)(H,27,28). The van der Waals surface area contributed by atoms with Crippen molar-refractivity contribution in [3.05, 3.63) is 65.0 Å². The van der Waals surface area contributed by atoms with Crippen molar-refractivity contribution in [1.82, 2.24) is 4.98 Å². The molecule has 0 unspecified atom stereocenters. The molecule has 0 radical (unpaired) electrons. The number of hydrogen-bond donors (Lipinski definition) is 4. The lowest BCUT2D eigenvalue weighted by Gasteiger charge is -2.17. The Hall–Kier alpha value is -4.27. The second kappa shape index (κ2) is 6.80. The van der Waals surface area contributed by atoms with E-state index in [1.54, 1.807) is 0 Å². The number of carboxylic acid groups (broad SMARTS) is 2. The molecule has 3 rings (SSSR count). The Morgan fingerprint density at radius 3 is 1.75 bits per heavy atom. The smallest absolute Gasteiger partial charge is 0.336 e. The summed E-state index contributed by atoms with van der Waals surface area (Å²) in [6.07, 6.45) is 2.86. The number of hydrogen-bond acceptors (Lipinski definition) is 5. The van der Waals surface area contributed by atoms with Gasteiger partial charge in [0.25, 0.3) is 0 Å². The van der Waals surface area contributed by atoms with Crippen molar-refractivity contribution in [2.75, 3.05) is 0 Å². The molecule has 0 saturated heterocycles. The zero-order chi connectivity index (χ0) is 20.6. The van der Waals surface area contributed by atoms with E-state index in [0.717, 1.165) is 12.1 Å². The van der Waals surface area contributed by atoms with Crippen molar-refractivity contribution in [2.24, 2.45) is 11.5 Å². The molecule has 0 aliphatic rings. The van der Waals surface area contributed by atoms with Gasteiger partial charge in [0.15, 0.2) is 0 Å². The van der Waals surface area contributed by atoms with E-state index < -0.39 is 23.8 Å². The molecule has 2 amide bonds. The normalized spacial score (nSPS) is 10.6. The first-order valence-electron chi connectivity index (χ1n) is 7.84. The van der Waals surface area contributed by atoms with E-state index in [1.807, 2.05) is 0 Å². The summed E-state index contributed by atoms with van der Waals surface area (Å²) in [5, 5.41) is 18.6. The molecule has 1 heterocycles. The topological polar surface area (TPSA) is 174 Å². The number of aromatic nitrogens is 1. The molecule has 2 aromatic carbocycles. The first-order chi connectivity index (χ1) is 13.2. The quantitative estimate of drug-likeness (QED) is 0.519. The Morgan fingerprint density at radius 2 is 1.29 bits per heavy atom. The molecule has 0 spiro atoms. The van der Waals surface area contributed by atoms with E-state index in [0.29, 0.717) is 5.56 Å². The van der Waals surface area contributed by atoms with E-state index in [9.17, 15) is 29.4 Å². The van der Waals surface area contributed by atoms with E-state index in [2.05, 4.69) is 4.98 Å². The van der Waals surface area contributed by atoms with Crippen molar-refractivity contribution < 1.29 is 29.4 Å². The van der Waals surface area contributed by atoms with Gasteiger partial charge in [-0.1, -0.05) is 0 Å². The average Bonchev–Trinajstić information content (AvgIpc) is 2.65. The predicted octanol–water partition coefficient (Wildman–Crippen LogP) is 1.50. The third-order valence-corrected chi connectivity index (χ3v) is 4.25. The Bertz CT molecular complexity index is 1170. The van der Waals surface area contributed by atoms with Crippen LogP contribution in [0.5, 0.6) is 0 Å². The molecular weight excluding hydrogens is 366 g/mol. The fourth-order valence-electron chi connectivity index (χ4n) is 3.13. The fourth-order valence-corrected chi connectivity index (χ4v) is 3.13. The largest absolute Gasteiger partial charge is 0.478 e. The van der Waals surface area contributed by atoms with Crippen LogP contribution in [0.3, 0.4) is 0 Å². The van der Waals surface area contributed by atoms with E-state index in [1.165, 1.54) is 30.6 Å². The van der Waals surface area contributed by atoms with Crippen LogP contribution in [-0.4, -0.2) is 39.0 Å². The van der Waals surface area contributed by atoms with Crippen LogP contribution in [0.4, 0.5) is 0 Å². The summed E-state index contributed by atoms with van der Waals surface area (Å²) in [5.74, 6) is -4.82. The predicted molar refractivity (Wildman–Crippen MR) is 98.1 cm³/mol. The summed E-state index contributed by atoms with van der Waals surface area (Å²) in [5.41, 5.74) is 10.3. The molecule has 0 aliphatic carbocycles. The number of carbonyl (C=O) groups is 4. The molecule has 1 aromatic heterocycles. The zero-order valence-electron chi connectivity index (χ0n) is 14.2. The van der Waals surface area contributed by atoms with Crippen molar-refractivity contribution in [2.45, 2.75) is 0 Å². The lowest BCUT2D eigenvalue weighted by atomic mass is 9.86. The van der Waals surface area contributed by atoms with Crippen LogP contribution in [0.1, 0.15) is 41.4 Å². The van der Waals surface area contributed by atoms with Gasteiger partial charge in [-0.2, -0.15) is 0 Å². The first kappa shape index (κ1) is 18.5. The van der Waals surface area contributed by atoms with Crippen LogP contribution in [-0.2, 0) is 0 Å². The van der Waals surface area contributed by atoms with Gasteiger partial charge >= 0.3 is 11.9 Å². The summed E-state index contributed by atoms with van der Waals surface area (Å²) in [6, 6.07) is 6.37. The molecule has 0 aliphatic heterocycles. The molecule has 0 saturated carbocycles. The highest BCUT2D eigenvalue weighted by Gasteiger charge is 2.27. The molecule has 140 valence electrons. The van der Waals surface area contributed by atoms with Crippen molar-refractivity contribution in [1.29, 1.82) is 0 Å². The number of pyridine rings is 1. The Kier molecular flexibility index (Phi) is 4.50. The maximum absolute atomic E-state index is 12.3. The average molecular weight is 379 g/mol. The van der Waals surface area contributed by atoms with Gasteiger partial charge in [-0.05, 0) is 41.5 Å². The number of benzene rings is 2. The second-order valence-corrected chi connectivity index (χ2v) is 5.83. The van der Waals surface area contributed by atoms with Gasteiger partial charge < -0.3 is 21.7 Å². The minimum atomic E-state index is -1.42. The van der Waals surface area contributed by atoms with Crippen LogP contribution in [0.15, 0.2) is 42.7 Å². The minimum absolute atomic E-state index is 0.140. The Labute approximate surface area is 157 Å². The highest BCUT2D eigenvalue weighted by molar-refractivity contribution is 6.25. The van der Waals surface area contributed by atoms with Crippen molar-refractivity contribution in [3.8, 4) is 11.1 Å². The highest BCUT2D eigenvalue weighted by atomic mass is 16.4. The molecule has 0 fully saturated rings. The maximum atomic E-state index is 12.3. The first-order valence-corrected chi connectivity index (χ1v) is 7.84. The summed E-state index contributed by atoms with van der Waals surface area (Å²) in [7, 11) is 0. The van der Waals surface area contributed by atoms with Gasteiger partial charge in [0.2, 0.25) is 11.8 Å². The molecule has 0 bridgehead atoms. The Balaban J connectivity index is 2.69. The fraction of sp³-hybridized carbons (Fsp3) is 0. The summed E-state index contributed by atoms with van der Waals surface area (Å²) in [4.78, 5) is 51.7. The number of nitrogens with two attached hydrogens (primary N) is 2. The van der Waals surface area contributed by atoms with Crippen LogP contribution in [0.25, 0.3) is 21.9 Å². The third kappa shape index (κ3) is 2.90. The summed E-state index contributed by atoms with van der Waals surface area (Å²) >= 11 is 0. The van der Waals surface area contributed by atoms with Crippen LogP contribution in [0, 0.1) is 0 Å². The summed E-state index contributed by atoms with van der Waals surface area (Å²) in [6.45, 7) is 0. The number of rotatable bonds is 5. The zero-order valence-corrected chi connectivity index (χ0v) is 14.2. The van der Waals surface area contributed by atoms with Gasteiger partial charge in [0.1, 0.15) is 0 Å². The van der Waals surface area contributed by atoms with E-state index >= 15 is 0 Å². The monoisotopic (exact) mass is 379 g/mol. The molecule has 9 heteroatoms. The lowest BCUT2D eigenvalue weighted by molar-refractivity contribution is 0.0684. The lowest BCUT2D eigenvalue weighted by Crippen LogP contribution is -2.19. The molecule has 3 aromatic rings. The Morgan fingerprint density at radius 1 is 0.750 bits per heavy atom. The number of fused-ring (bicyclic) bond motifs is 1. The molecular formula is C19H13N3O6. The molecule has 28 heavy (non-hydrogen) atoms. The SMILES string of the molecule is NC(=O)c1cc(-c2ccncc2)c(C(N)=O)c2c(C(=O)O)ccc(C(=O)O)c12. The van der Waals surface area contributed by atoms with Gasteiger partial charge in [-0.25, -0.2) is 9.59 Å². The third-order valence-electron chi connectivity index (χ3n) is 4.25. The van der Waals surface area contributed by atoms with Gasteiger partial charge in [0.05, 0.1) is 16.7 Å². The van der Waals surface area contributed by atoms with Crippen molar-refractivity contribution >= 4 is 34.5 Å². The highest BCUT2D eigenvalue weighted by Crippen LogP contribution is 2.36. The number of nitrogens with zero attached hydrogens (tertiary/aromatic N) is 1. The summed E-state index contributed by atoms with van der Waals surface area (Å²) < 4.78 is 0.